The molecule has 0 saturated carbocycles. The molecule has 9 heteroatoms. The fourth-order valence-corrected chi connectivity index (χ4v) is 3.04. The van der Waals surface area contributed by atoms with E-state index in [4.69, 9.17) is 14.6 Å². The molecule has 1 aromatic rings. The van der Waals surface area contributed by atoms with Gasteiger partial charge in [-0.2, -0.15) is 4.72 Å². The lowest BCUT2D eigenvalue weighted by molar-refractivity contribution is -0.138. The van der Waals surface area contributed by atoms with Crippen molar-refractivity contribution in [2.24, 2.45) is 0 Å². The minimum atomic E-state index is -4.11. The Balaban J connectivity index is 3.28. The lowest BCUT2D eigenvalue weighted by atomic mass is 10.1. The van der Waals surface area contributed by atoms with Crippen LogP contribution < -0.4 is 4.72 Å². The van der Waals surface area contributed by atoms with Gasteiger partial charge in [0.2, 0.25) is 10.0 Å². The highest BCUT2D eigenvalue weighted by atomic mass is 32.2. The second kappa shape index (κ2) is 8.04. The fourth-order valence-electron chi connectivity index (χ4n) is 1.75. The van der Waals surface area contributed by atoms with E-state index in [9.17, 15) is 18.0 Å². The van der Waals surface area contributed by atoms with Gasteiger partial charge in [0.1, 0.15) is 6.04 Å². The molecule has 1 rings (SSSR count). The van der Waals surface area contributed by atoms with Crippen LogP contribution in [0.4, 0.5) is 0 Å². The van der Waals surface area contributed by atoms with Crippen molar-refractivity contribution in [1.29, 1.82) is 0 Å². The number of carboxylic acids is 1. The van der Waals surface area contributed by atoms with Crippen LogP contribution >= 0.6 is 0 Å². The van der Waals surface area contributed by atoms with Gasteiger partial charge in [0.25, 0.3) is 0 Å². The number of esters is 1. The SMILES string of the molecule is CCOC(=O)c1cc(COC)cc(S(=O)(=O)N[C@@H](C)C(=O)O)c1. The number of benzene rings is 1. The van der Waals surface area contributed by atoms with Crippen molar-refractivity contribution in [2.45, 2.75) is 31.4 Å². The number of aliphatic carboxylic acids is 1. The number of sulfonamides is 1. The molecule has 2 N–H and O–H groups in total. The van der Waals surface area contributed by atoms with Crippen LogP contribution in [0.2, 0.25) is 0 Å². The zero-order chi connectivity index (χ0) is 17.6. The van der Waals surface area contributed by atoms with E-state index in [2.05, 4.69) is 0 Å². The summed E-state index contributed by atoms with van der Waals surface area (Å²) in [5.41, 5.74) is 0.492. The molecule has 0 aliphatic rings. The molecular formula is C14H19NO7S. The van der Waals surface area contributed by atoms with E-state index in [1.54, 1.807) is 6.92 Å². The van der Waals surface area contributed by atoms with E-state index in [1.807, 2.05) is 4.72 Å². The van der Waals surface area contributed by atoms with E-state index < -0.39 is 28.0 Å². The number of hydrogen-bond donors (Lipinski definition) is 2. The van der Waals surface area contributed by atoms with Gasteiger partial charge in [-0.3, -0.25) is 4.79 Å². The Morgan fingerprint density at radius 2 is 1.96 bits per heavy atom. The van der Waals surface area contributed by atoms with Gasteiger partial charge in [-0.25, -0.2) is 13.2 Å². The number of carboxylic acid groups (broad SMARTS) is 1. The number of methoxy groups -OCH3 is 1. The molecule has 0 fully saturated rings. The van der Waals surface area contributed by atoms with Crippen molar-refractivity contribution >= 4 is 22.0 Å². The molecule has 8 nitrogen and oxygen atoms in total. The summed E-state index contributed by atoms with van der Waals surface area (Å²) in [6.45, 7) is 3.06. The predicted octanol–water partition coefficient (Wildman–Crippen LogP) is 0.761. The van der Waals surface area contributed by atoms with Crippen molar-refractivity contribution in [2.75, 3.05) is 13.7 Å². The van der Waals surface area contributed by atoms with Crippen LogP contribution in [-0.2, 0) is 30.9 Å². The number of carbonyl (C=O) groups is 2. The summed E-state index contributed by atoms with van der Waals surface area (Å²) in [7, 11) is -2.68. The molecule has 0 aliphatic heterocycles. The van der Waals surface area contributed by atoms with Crippen LogP contribution in [0, 0.1) is 0 Å². The van der Waals surface area contributed by atoms with E-state index in [0.717, 1.165) is 6.07 Å². The van der Waals surface area contributed by atoms with Crippen molar-refractivity contribution in [1.82, 2.24) is 4.72 Å². The summed E-state index contributed by atoms with van der Waals surface area (Å²) >= 11 is 0. The minimum absolute atomic E-state index is 0.0461. The van der Waals surface area contributed by atoms with Gasteiger partial charge in [0, 0.05) is 7.11 Å². The van der Waals surface area contributed by atoms with Gasteiger partial charge in [0.05, 0.1) is 23.7 Å². The molecular weight excluding hydrogens is 326 g/mol. The van der Waals surface area contributed by atoms with Crippen molar-refractivity contribution in [3.05, 3.63) is 29.3 Å². The molecule has 0 heterocycles. The molecule has 0 aliphatic carbocycles. The van der Waals surface area contributed by atoms with Crippen molar-refractivity contribution in [3.63, 3.8) is 0 Å². The van der Waals surface area contributed by atoms with E-state index in [1.165, 1.54) is 26.2 Å². The van der Waals surface area contributed by atoms with Crippen LogP contribution in [-0.4, -0.2) is 45.2 Å². The Hall–Kier alpha value is -1.97. The summed E-state index contributed by atoms with van der Waals surface area (Å²) in [6, 6.07) is 2.59. The Morgan fingerprint density at radius 1 is 1.30 bits per heavy atom. The maximum absolute atomic E-state index is 12.3. The zero-order valence-corrected chi connectivity index (χ0v) is 13.8. The van der Waals surface area contributed by atoms with E-state index in [0.29, 0.717) is 5.56 Å². The first-order valence-electron chi connectivity index (χ1n) is 6.76. The lowest BCUT2D eigenvalue weighted by Crippen LogP contribution is -2.38. The average Bonchev–Trinajstić information content (AvgIpc) is 2.47. The number of nitrogens with one attached hydrogen (secondary N) is 1. The Kier molecular flexibility index (Phi) is 6.67. The monoisotopic (exact) mass is 345 g/mol. The molecule has 1 atom stereocenters. The van der Waals surface area contributed by atoms with Crippen LogP contribution in [0.25, 0.3) is 0 Å². The standard InChI is InChI=1S/C14H19NO7S/c1-4-22-14(18)11-5-10(8-21-3)6-12(7-11)23(19,20)15-9(2)13(16)17/h5-7,9,15H,4,8H2,1-3H3,(H,16,17)/t9-/m0/s1. The summed E-state index contributed by atoms with van der Waals surface area (Å²) < 4.78 is 36.4. The third-order valence-electron chi connectivity index (χ3n) is 2.80. The second-order valence-corrected chi connectivity index (χ2v) is 6.41. The molecule has 0 radical (unpaired) electrons. The van der Waals surface area contributed by atoms with E-state index >= 15 is 0 Å². The Bertz CT molecular complexity index is 684. The third-order valence-corrected chi connectivity index (χ3v) is 4.32. The topological polar surface area (TPSA) is 119 Å². The summed E-state index contributed by atoms with van der Waals surface area (Å²) in [5, 5.41) is 8.82. The first kappa shape index (κ1) is 19.1. The number of ether oxygens (including phenoxy) is 2. The molecule has 0 unspecified atom stereocenters. The molecule has 0 saturated heterocycles. The molecule has 0 amide bonds. The highest BCUT2D eigenvalue weighted by Crippen LogP contribution is 2.17. The minimum Gasteiger partial charge on any atom is -0.480 e. The fraction of sp³-hybridized carbons (Fsp3) is 0.429. The third kappa shape index (κ3) is 5.31. The van der Waals surface area contributed by atoms with Gasteiger partial charge in [0.15, 0.2) is 0 Å². The molecule has 128 valence electrons. The van der Waals surface area contributed by atoms with E-state index in [-0.39, 0.29) is 23.7 Å². The molecule has 1 aromatic carbocycles. The predicted molar refractivity (Wildman–Crippen MR) is 80.5 cm³/mol. The maximum Gasteiger partial charge on any atom is 0.338 e. The van der Waals surface area contributed by atoms with Gasteiger partial charge >= 0.3 is 11.9 Å². The molecule has 23 heavy (non-hydrogen) atoms. The van der Waals surface area contributed by atoms with Crippen LogP contribution in [0.3, 0.4) is 0 Å². The second-order valence-electron chi connectivity index (χ2n) is 4.70. The van der Waals surface area contributed by atoms with Gasteiger partial charge in [-0.05, 0) is 37.6 Å². The number of rotatable bonds is 8. The van der Waals surface area contributed by atoms with Crippen molar-refractivity contribution < 1.29 is 32.6 Å². The Labute approximate surface area is 134 Å². The van der Waals surface area contributed by atoms with Gasteiger partial charge < -0.3 is 14.6 Å². The highest BCUT2D eigenvalue weighted by Gasteiger charge is 2.23. The lowest BCUT2D eigenvalue weighted by Gasteiger charge is -2.13. The summed E-state index contributed by atoms with van der Waals surface area (Å²) in [6.07, 6.45) is 0. The van der Waals surface area contributed by atoms with Crippen molar-refractivity contribution in [3.8, 4) is 0 Å². The average molecular weight is 345 g/mol. The first-order valence-corrected chi connectivity index (χ1v) is 8.24. The Morgan fingerprint density at radius 3 is 2.48 bits per heavy atom. The first-order chi connectivity index (χ1) is 10.7. The van der Waals surface area contributed by atoms with Crippen LogP contribution in [0.15, 0.2) is 23.1 Å². The number of hydrogen-bond acceptors (Lipinski definition) is 6. The van der Waals surface area contributed by atoms with Gasteiger partial charge in [-0.1, -0.05) is 0 Å². The quantitative estimate of drug-likeness (QED) is 0.668. The van der Waals surface area contributed by atoms with Gasteiger partial charge in [-0.15, -0.1) is 0 Å². The normalized spacial score (nSPS) is 12.7. The maximum atomic E-state index is 12.3. The number of carbonyl (C=O) groups excluding carboxylic acids is 1. The van der Waals surface area contributed by atoms with Crippen LogP contribution in [0.5, 0.6) is 0 Å². The largest absolute Gasteiger partial charge is 0.480 e. The molecule has 0 bridgehead atoms. The van der Waals surface area contributed by atoms with Crippen LogP contribution in [0.1, 0.15) is 29.8 Å². The zero-order valence-electron chi connectivity index (χ0n) is 13.0. The molecule has 0 aromatic heterocycles. The molecule has 0 spiro atoms. The summed E-state index contributed by atoms with van der Waals surface area (Å²) in [4.78, 5) is 22.4. The summed E-state index contributed by atoms with van der Waals surface area (Å²) in [5.74, 6) is -1.99. The highest BCUT2D eigenvalue weighted by molar-refractivity contribution is 7.89. The smallest absolute Gasteiger partial charge is 0.338 e.